The molecule has 106 valence electrons. The predicted molar refractivity (Wildman–Crippen MR) is 76.7 cm³/mol. The smallest absolute Gasteiger partial charge is 0.341 e. The molecule has 0 spiro atoms. The van der Waals surface area contributed by atoms with E-state index in [-0.39, 0.29) is 0 Å². The third-order valence-corrected chi connectivity index (χ3v) is 2.80. The molecule has 0 saturated carbocycles. The number of para-hydroxylation sites is 1. The molecule has 0 unspecified atom stereocenters. The first kappa shape index (κ1) is 14.1. The average Bonchev–Trinajstić information content (AvgIpc) is 2.46. The molecule has 0 aliphatic heterocycles. The van der Waals surface area contributed by atoms with Crippen molar-refractivity contribution in [3.05, 3.63) is 30.0 Å². The molecule has 6 nitrogen and oxygen atoms in total. The molecular formula is C14H17N3O3. The number of nitrogen functional groups attached to an aromatic ring is 1. The van der Waals surface area contributed by atoms with E-state index >= 15 is 0 Å². The molecule has 0 amide bonds. The normalized spacial score (nSPS) is 10.3. The molecule has 0 radical (unpaired) electrons. The Kier molecular flexibility index (Phi) is 4.37. The number of nitrogens with one attached hydrogen (secondary N) is 1. The van der Waals surface area contributed by atoms with Gasteiger partial charge in [0, 0.05) is 11.6 Å². The number of hydrogen-bond acceptors (Lipinski definition) is 6. The molecule has 2 aromatic rings. The summed E-state index contributed by atoms with van der Waals surface area (Å²) in [7, 11) is 0. The molecule has 1 heterocycles. The van der Waals surface area contributed by atoms with Gasteiger partial charge in [-0.2, -0.15) is 0 Å². The molecule has 0 saturated heterocycles. The van der Waals surface area contributed by atoms with E-state index in [1.165, 1.54) is 6.20 Å². The summed E-state index contributed by atoms with van der Waals surface area (Å²) in [6.07, 6.45) is 1.44. The van der Waals surface area contributed by atoms with Crippen LogP contribution in [0.4, 0.5) is 5.69 Å². The van der Waals surface area contributed by atoms with E-state index < -0.39 is 5.97 Å². The fourth-order valence-corrected chi connectivity index (χ4v) is 1.99. The fourth-order valence-electron chi connectivity index (χ4n) is 1.99. The Morgan fingerprint density at radius 1 is 1.35 bits per heavy atom. The Balaban J connectivity index is 2.62. The number of nitrogens with zero attached hydrogens (tertiary/aromatic N) is 1. The molecule has 0 aliphatic rings. The van der Waals surface area contributed by atoms with Crippen molar-refractivity contribution in [2.75, 3.05) is 18.6 Å². The quantitative estimate of drug-likeness (QED) is 0.493. The molecule has 0 aliphatic carbocycles. The second-order valence-electron chi connectivity index (χ2n) is 4.00. The van der Waals surface area contributed by atoms with E-state index in [9.17, 15) is 4.79 Å². The molecule has 2 rings (SSSR count). The number of carbonyl (C=O) groups is 1. The van der Waals surface area contributed by atoms with Gasteiger partial charge in [-0.25, -0.2) is 4.79 Å². The van der Waals surface area contributed by atoms with Gasteiger partial charge in [-0.05, 0) is 19.9 Å². The van der Waals surface area contributed by atoms with E-state index in [1.807, 2.05) is 25.1 Å². The van der Waals surface area contributed by atoms with Crippen LogP contribution in [-0.4, -0.2) is 24.2 Å². The summed E-state index contributed by atoms with van der Waals surface area (Å²) in [4.78, 5) is 16.2. The van der Waals surface area contributed by atoms with Crippen molar-refractivity contribution in [3.8, 4) is 5.75 Å². The van der Waals surface area contributed by atoms with Crippen molar-refractivity contribution < 1.29 is 14.3 Å². The Hall–Kier alpha value is -2.34. The lowest BCUT2D eigenvalue weighted by molar-refractivity contribution is 0.0527. The van der Waals surface area contributed by atoms with Crippen LogP contribution < -0.4 is 16.0 Å². The first-order chi connectivity index (χ1) is 9.72. The molecular weight excluding hydrogens is 258 g/mol. The molecule has 20 heavy (non-hydrogen) atoms. The lowest BCUT2D eigenvalue weighted by atomic mass is 10.1. The van der Waals surface area contributed by atoms with E-state index in [4.69, 9.17) is 15.3 Å². The van der Waals surface area contributed by atoms with Crippen LogP contribution in [0, 0.1) is 0 Å². The number of aromatic nitrogens is 1. The minimum atomic E-state index is -0.461. The van der Waals surface area contributed by atoms with Crippen molar-refractivity contribution in [2.45, 2.75) is 13.8 Å². The minimum absolute atomic E-state index is 0.292. The monoisotopic (exact) mass is 275 g/mol. The van der Waals surface area contributed by atoms with Gasteiger partial charge in [0.2, 0.25) is 0 Å². The predicted octanol–water partition coefficient (Wildman–Crippen LogP) is 2.10. The minimum Gasteiger partial charge on any atom is -0.492 e. The largest absolute Gasteiger partial charge is 0.492 e. The highest BCUT2D eigenvalue weighted by atomic mass is 16.5. The zero-order valence-electron chi connectivity index (χ0n) is 11.5. The van der Waals surface area contributed by atoms with Gasteiger partial charge in [0.05, 0.1) is 18.9 Å². The maximum Gasteiger partial charge on any atom is 0.341 e. The van der Waals surface area contributed by atoms with Crippen molar-refractivity contribution >= 4 is 22.6 Å². The van der Waals surface area contributed by atoms with Gasteiger partial charge in [-0.1, -0.05) is 12.1 Å². The van der Waals surface area contributed by atoms with Crippen molar-refractivity contribution in [1.29, 1.82) is 0 Å². The number of anilines is 1. The number of fused-ring (bicyclic) bond motifs is 1. The molecule has 1 aromatic heterocycles. The number of ether oxygens (including phenoxy) is 2. The second-order valence-corrected chi connectivity index (χ2v) is 4.00. The molecule has 3 N–H and O–H groups in total. The van der Waals surface area contributed by atoms with Crippen LogP contribution in [0.5, 0.6) is 5.75 Å². The van der Waals surface area contributed by atoms with Crippen LogP contribution in [0.3, 0.4) is 0 Å². The van der Waals surface area contributed by atoms with Gasteiger partial charge in [0.1, 0.15) is 16.8 Å². The summed E-state index contributed by atoms with van der Waals surface area (Å²) in [5.74, 6) is 5.74. The van der Waals surface area contributed by atoms with Crippen LogP contribution in [0.25, 0.3) is 10.9 Å². The zero-order chi connectivity index (χ0) is 14.5. The molecule has 0 fully saturated rings. The van der Waals surface area contributed by atoms with Crippen LogP contribution in [0.1, 0.15) is 24.2 Å². The van der Waals surface area contributed by atoms with E-state index in [2.05, 4.69) is 10.4 Å². The number of rotatable bonds is 5. The van der Waals surface area contributed by atoms with Gasteiger partial charge in [0.15, 0.2) is 0 Å². The van der Waals surface area contributed by atoms with Gasteiger partial charge >= 0.3 is 5.97 Å². The SMILES string of the molecule is CCOC(=O)c1cnc2c(OCC)cccc2c1NN. The highest BCUT2D eigenvalue weighted by Crippen LogP contribution is 2.31. The van der Waals surface area contributed by atoms with Crippen molar-refractivity contribution in [1.82, 2.24) is 4.98 Å². The summed E-state index contributed by atoms with van der Waals surface area (Å²) in [6, 6.07) is 5.47. The lowest BCUT2D eigenvalue weighted by Crippen LogP contribution is -2.15. The van der Waals surface area contributed by atoms with Crippen LogP contribution in [-0.2, 0) is 4.74 Å². The summed E-state index contributed by atoms with van der Waals surface area (Å²) in [5.41, 5.74) is 3.98. The Morgan fingerprint density at radius 3 is 2.80 bits per heavy atom. The number of benzene rings is 1. The fraction of sp³-hybridized carbons (Fsp3) is 0.286. The Morgan fingerprint density at radius 2 is 2.15 bits per heavy atom. The number of nitrogens with two attached hydrogens (primary N) is 1. The van der Waals surface area contributed by atoms with Crippen molar-refractivity contribution in [2.24, 2.45) is 5.84 Å². The van der Waals surface area contributed by atoms with E-state index in [0.717, 1.165) is 0 Å². The standard InChI is InChI=1S/C14H17N3O3/c1-3-19-11-7-5-6-9-12(17-15)10(8-16-13(9)11)14(18)20-4-2/h5-8H,3-4,15H2,1-2H3,(H,16,17). The van der Waals surface area contributed by atoms with E-state index in [1.54, 1.807) is 6.92 Å². The molecule has 1 aromatic carbocycles. The summed E-state index contributed by atoms with van der Waals surface area (Å²) < 4.78 is 10.5. The highest BCUT2D eigenvalue weighted by molar-refractivity contribution is 6.06. The van der Waals surface area contributed by atoms with Gasteiger partial charge < -0.3 is 14.9 Å². The topological polar surface area (TPSA) is 86.5 Å². The van der Waals surface area contributed by atoms with Crippen LogP contribution in [0.2, 0.25) is 0 Å². The third kappa shape index (κ3) is 2.50. The Labute approximate surface area is 116 Å². The lowest BCUT2D eigenvalue weighted by Gasteiger charge is -2.13. The Bertz CT molecular complexity index is 628. The second kappa shape index (κ2) is 6.21. The molecule has 0 bridgehead atoms. The number of hydrazine groups is 1. The van der Waals surface area contributed by atoms with Crippen LogP contribution in [0.15, 0.2) is 24.4 Å². The third-order valence-electron chi connectivity index (χ3n) is 2.80. The highest BCUT2D eigenvalue weighted by Gasteiger charge is 2.17. The maximum absolute atomic E-state index is 11.9. The number of pyridine rings is 1. The maximum atomic E-state index is 11.9. The first-order valence-electron chi connectivity index (χ1n) is 6.41. The van der Waals surface area contributed by atoms with Gasteiger partial charge in [0.25, 0.3) is 0 Å². The zero-order valence-corrected chi connectivity index (χ0v) is 11.5. The summed E-state index contributed by atoms with van der Waals surface area (Å²) in [6.45, 7) is 4.47. The van der Waals surface area contributed by atoms with Gasteiger partial charge in [-0.15, -0.1) is 0 Å². The molecule has 0 atom stereocenters. The first-order valence-corrected chi connectivity index (χ1v) is 6.41. The number of hydrogen-bond donors (Lipinski definition) is 2. The van der Waals surface area contributed by atoms with E-state index in [0.29, 0.717) is 41.1 Å². The van der Waals surface area contributed by atoms with Crippen molar-refractivity contribution in [3.63, 3.8) is 0 Å². The summed E-state index contributed by atoms with van der Waals surface area (Å²) in [5, 5.41) is 0.712. The van der Waals surface area contributed by atoms with Gasteiger partial charge in [-0.3, -0.25) is 10.8 Å². The molecule has 6 heteroatoms. The summed E-state index contributed by atoms with van der Waals surface area (Å²) >= 11 is 0. The average molecular weight is 275 g/mol. The van der Waals surface area contributed by atoms with Crippen LogP contribution >= 0.6 is 0 Å². The number of carbonyl (C=O) groups excluding carboxylic acids is 1. The number of esters is 1.